The number of likely N-dealkylation sites (tertiary alicyclic amines) is 1. The standard InChI is InChI=1S/C14H21ClN2O/c1-2-18-13-5-7-17(8-6-13)10-11-9-12(16)3-4-14(11)15/h3-4,9,13H,2,5-8,10,16H2,1H3. The molecular formula is C14H21ClN2O. The van der Waals surface area contributed by atoms with Crippen molar-refractivity contribution >= 4 is 17.3 Å². The highest BCUT2D eigenvalue weighted by Gasteiger charge is 2.19. The number of halogens is 1. The van der Waals surface area contributed by atoms with E-state index in [0.717, 1.165) is 55.4 Å². The molecule has 0 aromatic heterocycles. The fourth-order valence-corrected chi connectivity index (χ4v) is 2.60. The summed E-state index contributed by atoms with van der Waals surface area (Å²) in [5, 5.41) is 0.802. The van der Waals surface area contributed by atoms with E-state index in [1.165, 1.54) is 0 Å². The molecule has 0 unspecified atom stereocenters. The van der Waals surface area contributed by atoms with E-state index in [2.05, 4.69) is 11.8 Å². The van der Waals surface area contributed by atoms with E-state index < -0.39 is 0 Å². The van der Waals surface area contributed by atoms with Gasteiger partial charge in [0.05, 0.1) is 6.10 Å². The van der Waals surface area contributed by atoms with Crippen LogP contribution in [-0.2, 0) is 11.3 Å². The first kappa shape index (κ1) is 13.7. The molecule has 1 fully saturated rings. The van der Waals surface area contributed by atoms with Crippen LogP contribution in [0.4, 0.5) is 5.69 Å². The van der Waals surface area contributed by atoms with E-state index in [-0.39, 0.29) is 0 Å². The third-order valence-electron chi connectivity index (χ3n) is 3.40. The number of rotatable bonds is 4. The SMILES string of the molecule is CCOC1CCN(Cc2cc(N)ccc2Cl)CC1. The summed E-state index contributed by atoms with van der Waals surface area (Å²) in [4.78, 5) is 2.41. The Morgan fingerprint density at radius 1 is 1.39 bits per heavy atom. The number of hydrogen-bond acceptors (Lipinski definition) is 3. The van der Waals surface area contributed by atoms with E-state index in [0.29, 0.717) is 6.10 Å². The number of hydrogen-bond donors (Lipinski definition) is 1. The molecule has 1 saturated heterocycles. The van der Waals surface area contributed by atoms with Crippen LogP contribution in [0, 0.1) is 0 Å². The summed E-state index contributed by atoms with van der Waals surface area (Å²) < 4.78 is 5.65. The molecule has 4 heteroatoms. The summed E-state index contributed by atoms with van der Waals surface area (Å²) in [7, 11) is 0. The second-order valence-corrected chi connectivity index (χ2v) is 5.19. The molecule has 0 aliphatic carbocycles. The monoisotopic (exact) mass is 268 g/mol. The maximum absolute atomic E-state index is 6.19. The average Bonchev–Trinajstić information content (AvgIpc) is 2.37. The van der Waals surface area contributed by atoms with Gasteiger partial charge < -0.3 is 10.5 Å². The predicted octanol–water partition coefficient (Wildman–Crippen LogP) is 2.92. The van der Waals surface area contributed by atoms with Gasteiger partial charge in [0.1, 0.15) is 0 Å². The smallest absolute Gasteiger partial charge is 0.0599 e. The molecule has 1 aromatic rings. The summed E-state index contributed by atoms with van der Waals surface area (Å²) in [5.74, 6) is 0. The first-order chi connectivity index (χ1) is 8.69. The minimum atomic E-state index is 0.433. The lowest BCUT2D eigenvalue weighted by Gasteiger charge is -2.31. The van der Waals surface area contributed by atoms with Crippen LogP contribution < -0.4 is 5.73 Å². The predicted molar refractivity (Wildman–Crippen MR) is 75.8 cm³/mol. The second kappa shape index (κ2) is 6.41. The Kier molecular flexibility index (Phi) is 4.87. The summed E-state index contributed by atoms with van der Waals surface area (Å²) >= 11 is 6.19. The van der Waals surface area contributed by atoms with Crippen molar-refractivity contribution in [1.82, 2.24) is 4.90 Å². The fourth-order valence-electron chi connectivity index (χ4n) is 2.43. The third-order valence-corrected chi connectivity index (χ3v) is 3.77. The average molecular weight is 269 g/mol. The Morgan fingerprint density at radius 3 is 2.78 bits per heavy atom. The van der Waals surface area contributed by atoms with Crippen molar-refractivity contribution in [2.45, 2.75) is 32.4 Å². The number of nitrogens with two attached hydrogens (primary N) is 1. The molecule has 0 atom stereocenters. The minimum Gasteiger partial charge on any atom is -0.399 e. The Labute approximate surface area is 114 Å². The van der Waals surface area contributed by atoms with Gasteiger partial charge in [-0.1, -0.05) is 11.6 Å². The van der Waals surface area contributed by atoms with Gasteiger partial charge in [0.15, 0.2) is 0 Å². The molecule has 0 spiro atoms. The normalized spacial score (nSPS) is 18.1. The van der Waals surface area contributed by atoms with E-state index in [4.69, 9.17) is 22.1 Å². The lowest BCUT2D eigenvalue weighted by atomic mass is 10.1. The summed E-state index contributed by atoms with van der Waals surface area (Å²) in [5.41, 5.74) is 7.69. The Hall–Kier alpha value is -0.770. The van der Waals surface area contributed by atoms with Crippen LogP contribution in [0.25, 0.3) is 0 Å². The number of anilines is 1. The summed E-state index contributed by atoms with van der Waals surface area (Å²) in [6.45, 7) is 5.87. The van der Waals surface area contributed by atoms with Crippen molar-refractivity contribution in [2.75, 3.05) is 25.4 Å². The van der Waals surface area contributed by atoms with Gasteiger partial charge in [0, 0.05) is 37.0 Å². The molecule has 0 bridgehead atoms. The van der Waals surface area contributed by atoms with Crippen molar-refractivity contribution in [3.63, 3.8) is 0 Å². The van der Waals surface area contributed by atoms with Crippen molar-refractivity contribution < 1.29 is 4.74 Å². The van der Waals surface area contributed by atoms with Gasteiger partial charge in [-0.3, -0.25) is 4.90 Å². The van der Waals surface area contributed by atoms with Crippen LogP contribution in [0.2, 0.25) is 5.02 Å². The molecule has 0 saturated carbocycles. The number of nitrogens with zero attached hydrogens (tertiary/aromatic N) is 1. The van der Waals surface area contributed by atoms with Gasteiger partial charge in [-0.2, -0.15) is 0 Å². The Bertz CT molecular complexity index is 389. The topological polar surface area (TPSA) is 38.5 Å². The van der Waals surface area contributed by atoms with Gasteiger partial charge >= 0.3 is 0 Å². The van der Waals surface area contributed by atoms with E-state index in [1.807, 2.05) is 18.2 Å². The molecule has 1 aromatic carbocycles. The molecule has 18 heavy (non-hydrogen) atoms. The highest BCUT2D eigenvalue weighted by atomic mass is 35.5. The molecule has 1 heterocycles. The van der Waals surface area contributed by atoms with Crippen LogP contribution in [0.3, 0.4) is 0 Å². The minimum absolute atomic E-state index is 0.433. The number of ether oxygens (including phenoxy) is 1. The Balaban J connectivity index is 1.89. The van der Waals surface area contributed by atoms with Crippen LogP contribution in [0.1, 0.15) is 25.3 Å². The molecule has 1 aliphatic heterocycles. The molecule has 0 radical (unpaired) electrons. The molecule has 1 aliphatic rings. The molecular weight excluding hydrogens is 248 g/mol. The van der Waals surface area contributed by atoms with Crippen LogP contribution in [0.15, 0.2) is 18.2 Å². The van der Waals surface area contributed by atoms with E-state index >= 15 is 0 Å². The maximum atomic E-state index is 6.19. The van der Waals surface area contributed by atoms with Crippen molar-refractivity contribution in [1.29, 1.82) is 0 Å². The third kappa shape index (κ3) is 3.61. The Morgan fingerprint density at radius 2 is 2.11 bits per heavy atom. The molecule has 0 amide bonds. The first-order valence-electron chi connectivity index (χ1n) is 6.57. The summed E-state index contributed by atoms with van der Waals surface area (Å²) in [6.07, 6.45) is 2.64. The van der Waals surface area contributed by atoms with Crippen LogP contribution in [-0.4, -0.2) is 30.7 Å². The highest BCUT2D eigenvalue weighted by Crippen LogP contribution is 2.22. The lowest BCUT2D eigenvalue weighted by Crippen LogP contribution is -2.36. The van der Waals surface area contributed by atoms with Crippen molar-refractivity contribution in [2.24, 2.45) is 0 Å². The number of piperidine rings is 1. The largest absolute Gasteiger partial charge is 0.399 e. The summed E-state index contributed by atoms with van der Waals surface area (Å²) in [6, 6.07) is 5.68. The van der Waals surface area contributed by atoms with E-state index in [1.54, 1.807) is 0 Å². The number of benzene rings is 1. The first-order valence-corrected chi connectivity index (χ1v) is 6.94. The zero-order chi connectivity index (χ0) is 13.0. The highest BCUT2D eigenvalue weighted by molar-refractivity contribution is 6.31. The number of nitrogen functional groups attached to an aromatic ring is 1. The van der Waals surface area contributed by atoms with Crippen LogP contribution >= 0.6 is 11.6 Å². The molecule has 100 valence electrons. The second-order valence-electron chi connectivity index (χ2n) is 4.78. The van der Waals surface area contributed by atoms with Gasteiger partial charge in [-0.15, -0.1) is 0 Å². The lowest BCUT2D eigenvalue weighted by molar-refractivity contribution is 0.0125. The van der Waals surface area contributed by atoms with Crippen LogP contribution in [0.5, 0.6) is 0 Å². The zero-order valence-corrected chi connectivity index (χ0v) is 11.6. The zero-order valence-electron chi connectivity index (χ0n) is 10.9. The fraction of sp³-hybridized carbons (Fsp3) is 0.571. The molecule has 3 nitrogen and oxygen atoms in total. The van der Waals surface area contributed by atoms with Gasteiger partial charge in [-0.25, -0.2) is 0 Å². The molecule has 2 rings (SSSR count). The molecule has 2 N–H and O–H groups in total. The van der Waals surface area contributed by atoms with Crippen molar-refractivity contribution in [3.05, 3.63) is 28.8 Å². The maximum Gasteiger partial charge on any atom is 0.0599 e. The van der Waals surface area contributed by atoms with Gasteiger partial charge in [0.25, 0.3) is 0 Å². The quantitative estimate of drug-likeness (QED) is 0.854. The van der Waals surface area contributed by atoms with E-state index in [9.17, 15) is 0 Å². The van der Waals surface area contributed by atoms with Crippen molar-refractivity contribution in [3.8, 4) is 0 Å². The van der Waals surface area contributed by atoms with Gasteiger partial charge in [0.2, 0.25) is 0 Å². The van der Waals surface area contributed by atoms with Gasteiger partial charge in [-0.05, 0) is 43.5 Å².